The number of methoxy groups -OCH3 is 1. The van der Waals surface area contributed by atoms with Crippen LogP contribution in [-0.4, -0.2) is 69.4 Å². The van der Waals surface area contributed by atoms with Gasteiger partial charge in [-0.2, -0.15) is 23.3 Å². The van der Waals surface area contributed by atoms with E-state index in [1.807, 2.05) is 0 Å². The summed E-state index contributed by atoms with van der Waals surface area (Å²) in [6.07, 6.45) is -4.34. The molecule has 12 nitrogen and oxygen atoms in total. The molecular weight excluding hydrogens is 561 g/mol. The van der Waals surface area contributed by atoms with Gasteiger partial charge >= 0.3 is 12.3 Å². The van der Waals surface area contributed by atoms with Gasteiger partial charge in [-0.15, -0.1) is 0 Å². The van der Waals surface area contributed by atoms with Crippen molar-refractivity contribution >= 4 is 11.8 Å². The van der Waals surface area contributed by atoms with Crippen molar-refractivity contribution < 1.29 is 36.7 Å². The van der Waals surface area contributed by atoms with Crippen LogP contribution in [0.4, 0.5) is 23.7 Å². The van der Waals surface area contributed by atoms with E-state index in [0.717, 1.165) is 10.9 Å². The molecule has 0 bridgehead atoms. The number of hydrogen-bond donors (Lipinski definition) is 1. The Morgan fingerprint density at radius 3 is 2.50 bits per heavy atom. The minimum absolute atomic E-state index is 0.0280. The summed E-state index contributed by atoms with van der Waals surface area (Å²) in [5.74, 6) is 1.09. The second-order valence-electron chi connectivity index (χ2n) is 10.9. The number of alkyl halides is 3. The number of ether oxygens (including phenoxy) is 3. The first kappa shape index (κ1) is 30.8. The predicted molar refractivity (Wildman–Crippen MR) is 143 cm³/mol. The Morgan fingerprint density at radius 2 is 1.88 bits per heavy atom. The maximum absolute atomic E-state index is 13.9. The maximum atomic E-state index is 13.9. The summed E-state index contributed by atoms with van der Waals surface area (Å²) in [4.78, 5) is 30.7. The molecule has 1 saturated heterocycles. The van der Waals surface area contributed by atoms with Gasteiger partial charge in [0.2, 0.25) is 0 Å². The Bertz CT molecular complexity index is 1430. The predicted octanol–water partition coefficient (Wildman–Crippen LogP) is 4.05. The second-order valence-corrected chi connectivity index (χ2v) is 10.9. The van der Waals surface area contributed by atoms with Crippen LogP contribution in [0, 0.1) is 0 Å². The van der Waals surface area contributed by atoms with E-state index in [4.69, 9.17) is 18.7 Å². The van der Waals surface area contributed by atoms with E-state index < -0.39 is 40.7 Å². The average molecular weight is 595 g/mol. The number of nitrogens with zero attached hydrogens (tertiary/aromatic N) is 5. The first-order valence-corrected chi connectivity index (χ1v) is 13.2. The molecule has 42 heavy (non-hydrogen) atoms. The molecule has 1 aliphatic heterocycles. The summed E-state index contributed by atoms with van der Waals surface area (Å²) in [7, 11) is 1.49. The van der Waals surface area contributed by atoms with Crippen LogP contribution in [0.25, 0.3) is 0 Å². The molecule has 0 radical (unpaired) electrons. The highest BCUT2D eigenvalue weighted by atomic mass is 19.4. The van der Waals surface area contributed by atoms with Crippen molar-refractivity contribution in [3.8, 4) is 5.75 Å². The maximum Gasteiger partial charge on any atom is 0.423 e. The van der Waals surface area contributed by atoms with Crippen LogP contribution < -0.4 is 15.6 Å². The van der Waals surface area contributed by atoms with Gasteiger partial charge in [0, 0.05) is 19.1 Å². The summed E-state index contributed by atoms with van der Waals surface area (Å²) < 4.78 is 63.6. The van der Waals surface area contributed by atoms with Crippen LogP contribution in [0.3, 0.4) is 0 Å². The van der Waals surface area contributed by atoms with E-state index in [-0.39, 0.29) is 31.6 Å². The number of nitrogens with one attached hydrogen (secondary N) is 1. The van der Waals surface area contributed by atoms with Gasteiger partial charge in [0.25, 0.3) is 11.4 Å². The summed E-state index contributed by atoms with van der Waals surface area (Å²) in [6.45, 7) is 7.51. The van der Waals surface area contributed by atoms with E-state index in [9.17, 15) is 22.8 Å². The van der Waals surface area contributed by atoms with E-state index in [1.165, 1.54) is 12.0 Å². The van der Waals surface area contributed by atoms with E-state index in [2.05, 4.69) is 20.6 Å². The molecule has 228 valence electrons. The number of amides is 1. The summed E-state index contributed by atoms with van der Waals surface area (Å²) >= 11 is 0. The first-order chi connectivity index (χ1) is 19.7. The number of benzene rings is 1. The number of rotatable bonds is 10. The molecule has 1 amide bonds. The molecular formula is C27H33F3N6O6. The van der Waals surface area contributed by atoms with Gasteiger partial charge in [0.05, 0.1) is 38.1 Å². The van der Waals surface area contributed by atoms with Crippen LogP contribution in [0.15, 0.2) is 39.8 Å². The van der Waals surface area contributed by atoms with Crippen molar-refractivity contribution in [3.05, 3.63) is 63.7 Å². The lowest BCUT2D eigenvalue weighted by atomic mass is 10.0. The zero-order chi connectivity index (χ0) is 30.7. The zero-order valence-corrected chi connectivity index (χ0v) is 23.9. The van der Waals surface area contributed by atoms with Crippen LogP contribution in [0.2, 0.25) is 0 Å². The molecule has 3 aromatic rings. The third-order valence-electron chi connectivity index (χ3n) is 6.20. The number of carbonyl (C=O) groups is 1. The van der Waals surface area contributed by atoms with E-state index >= 15 is 0 Å². The summed E-state index contributed by atoms with van der Waals surface area (Å²) in [5, 5.41) is 10.5. The van der Waals surface area contributed by atoms with Crippen molar-refractivity contribution in [1.29, 1.82) is 0 Å². The molecule has 1 atom stereocenters. The third kappa shape index (κ3) is 7.78. The Hall–Kier alpha value is -4.14. The molecule has 1 aliphatic rings. The fourth-order valence-electron chi connectivity index (χ4n) is 4.13. The molecule has 1 aromatic carbocycles. The smallest absolute Gasteiger partial charge is 0.423 e. The first-order valence-electron chi connectivity index (χ1n) is 13.2. The highest BCUT2D eigenvalue weighted by Gasteiger charge is 2.39. The number of halogens is 3. The van der Waals surface area contributed by atoms with Gasteiger partial charge in [-0.25, -0.2) is 9.48 Å². The van der Waals surface area contributed by atoms with Gasteiger partial charge in [0.1, 0.15) is 23.5 Å². The lowest BCUT2D eigenvalue weighted by Gasteiger charge is -2.38. The van der Waals surface area contributed by atoms with Gasteiger partial charge < -0.3 is 29.0 Å². The molecule has 0 spiro atoms. The molecule has 2 aromatic heterocycles. The third-order valence-corrected chi connectivity index (χ3v) is 6.20. The Morgan fingerprint density at radius 1 is 1.19 bits per heavy atom. The molecule has 1 unspecified atom stereocenters. The van der Waals surface area contributed by atoms with Crippen LogP contribution in [0.5, 0.6) is 5.75 Å². The van der Waals surface area contributed by atoms with Crippen molar-refractivity contribution in [2.45, 2.75) is 64.6 Å². The Balaban J connectivity index is 1.30. The minimum atomic E-state index is -4.91. The molecule has 3 heterocycles. The number of hydrogen-bond acceptors (Lipinski definition) is 10. The highest BCUT2D eigenvalue weighted by molar-refractivity contribution is 5.69. The summed E-state index contributed by atoms with van der Waals surface area (Å²) in [5.41, 5.74) is -3.07. The SMILES string of the molecule is COc1ccc(Cn2ncc(NC(C)COCc3nc(C4CN(C(=O)OC(C)(C)C)C4)no3)c(C(F)(F)F)c2=O)cc1. The van der Waals surface area contributed by atoms with Crippen LogP contribution >= 0.6 is 0 Å². The molecule has 1 N–H and O–H groups in total. The van der Waals surface area contributed by atoms with Gasteiger partial charge in [-0.05, 0) is 45.4 Å². The number of likely N-dealkylation sites (tertiary alicyclic amines) is 1. The molecule has 0 aliphatic carbocycles. The van der Waals surface area contributed by atoms with Crippen molar-refractivity contribution in [1.82, 2.24) is 24.8 Å². The fraction of sp³-hybridized carbons (Fsp3) is 0.519. The van der Waals surface area contributed by atoms with Crippen LogP contribution in [0.1, 0.15) is 56.5 Å². The lowest BCUT2D eigenvalue weighted by Crippen LogP contribution is -2.50. The van der Waals surface area contributed by atoms with Crippen molar-refractivity contribution in [2.75, 3.05) is 32.1 Å². The average Bonchev–Trinajstić information content (AvgIpc) is 3.31. The topological polar surface area (TPSA) is 134 Å². The van der Waals surface area contributed by atoms with E-state index in [1.54, 1.807) is 52.0 Å². The zero-order valence-electron chi connectivity index (χ0n) is 23.9. The second kappa shape index (κ2) is 12.4. The minimum Gasteiger partial charge on any atom is -0.497 e. The van der Waals surface area contributed by atoms with Gasteiger partial charge in [-0.1, -0.05) is 17.3 Å². The molecule has 1 fully saturated rings. The number of anilines is 1. The van der Waals surface area contributed by atoms with Gasteiger partial charge in [0.15, 0.2) is 5.82 Å². The monoisotopic (exact) mass is 594 g/mol. The molecule has 4 rings (SSSR count). The standard InChI is InChI=1S/C27H33F3N6O6/c1-16(14-40-15-21-33-23(34-42-21)18-12-35(13-18)25(38)41-26(2,3)4)32-20-10-31-36(24(37)22(20)27(28,29)30)11-17-6-8-19(39-5)9-7-17/h6-10,16,18,32H,11-15H2,1-5H3. The van der Waals surface area contributed by atoms with Gasteiger partial charge in [-0.3, -0.25) is 4.79 Å². The molecule has 15 heteroatoms. The van der Waals surface area contributed by atoms with Crippen molar-refractivity contribution in [3.63, 3.8) is 0 Å². The van der Waals surface area contributed by atoms with Crippen LogP contribution in [-0.2, 0) is 28.8 Å². The largest absolute Gasteiger partial charge is 0.497 e. The summed E-state index contributed by atoms with van der Waals surface area (Å²) in [6, 6.07) is 5.95. The fourth-order valence-corrected chi connectivity index (χ4v) is 4.13. The number of aromatic nitrogens is 4. The van der Waals surface area contributed by atoms with Crippen molar-refractivity contribution in [2.24, 2.45) is 0 Å². The lowest BCUT2D eigenvalue weighted by molar-refractivity contribution is -0.138. The Labute approximate surface area is 239 Å². The normalized spacial score (nSPS) is 14.8. The quantitative estimate of drug-likeness (QED) is 0.366. The van der Waals surface area contributed by atoms with E-state index in [0.29, 0.717) is 30.2 Å². The molecule has 0 saturated carbocycles. The highest BCUT2D eigenvalue weighted by Crippen LogP contribution is 2.32. The Kier molecular flexibility index (Phi) is 9.09. The number of carbonyl (C=O) groups excluding carboxylic acids is 1.